The maximum absolute atomic E-state index is 5.48. The van der Waals surface area contributed by atoms with Gasteiger partial charge in [0.05, 0.1) is 13.2 Å². The first-order valence-electron chi connectivity index (χ1n) is 7.89. The second-order valence-electron chi connectivity index (χ2n) is 6.01. The summed E-state index contributed by atoms with van der Waals surface area (Å²) in [5, 5.41) is 7.50. The van der Waals surface area contributed by atoms with E-state index in [9.17, 15) is 0 Å². The number of thiocarbonyl (C=S) groups is 1. The maximum Gasteiger partial charge on any atom is 0.171 e. The zero-order valence-corrected chi connectivity index (χ0v) is 16.2. The molecule has 122 valence electrons. The van der Waals surface area contributed by atoms with E-state index in [1.165, 1.54) is 25.8 Å². The van der Waals surface area contributed by atoms with E-state index in [2.05, 4.69) is 69.6 Å². The molecule has 1 aliphatic carbocycles. The minimum absolute atomic E-state index is 0.128. The minimum atomic E-state index is 0.128. The zero-order valence-electron chi connectivity index (χ0n) is 13.2. The van der Waals surface area contributed by atoms with Crippen molar-refractivity contribution >= 4 is 45.6 Å². The van der Waals surface area contributed by atoms with Gasteiger partial charge in [0.2, 0.25) is 0 Å². The molecule has 0 radical (unpaired) electrons. The molecule has 1 aliphatic heterocycles. The van der Waals surface area contributed by atoms with Crippen molar-refractivity contribution in [2.24, 2.45) is 0 Å². The Balaban J connectivity index is 1.85. The molecule has 1 unspecified atom stereocenters. The van der Waals surface area contributed by atoms with E-state index in [1.54, 1.807) is 7.11 Å². The van der Waals surface area contributed by atoms with Crippen LogP contribution in [0.5, 0.6) is 5.75 Å². The molecular weight excluding hydrogens is 431 g/mol. The summed E-state index contributed by atoms with van der Waals surface area (Å²) in [5.74, 6) is 0.875. The van der Waals surface area contributed by atoms with Gasteiger partial charge in [-0.3, -0.25) is 0 Å². The fourth-order valence-corrected chi connectivity index (χ4v) is 4.26. The van der Waals surface area contributed by atoms with Crippen LogP contribution in [-0.2, 0) is 6.42 Å². The summed E-state index contributed by atoms with van der Waals surface area (Å²) < 4.78 is 6.65. The van der Waals surface area contributed by atoms with Crippen LogP contribution in [0.2, 0.25) is 0 Å². The van der Waals surface area contributed by atoms with Crippen molar-refractivity contribution in [3.63, 3.8) is 0 Å². The van der Waals surface area contributed by atoms with E-state index < -0.39 is 0 Å². The van der Waals surface area contributed by atoms with Crippen molar-refractivity contribution in [3.8, 4) is 5.75 Å². The van der Waals surface area contributed by atoms with Crippen LogP contribution in [0.25, 0.3) is 5.70 Å². The molecular formula is C19H17IN2OS. The molecule has 2 aromatic carbocycles. The number of rotatable bonds is 2. The van der Waals surface area contributed by atoms with Crippen LogP contribution >= 0.6 is 34.8 Å². The molecule has 1 atom stereocenters. The average molecular weight is 448 g/mol. The van der Waals surface area contributed by atoms with E-state index in [0.717, 1.165) is 24.3 Å². The maximum atomic E-state index is 5.48. The number of aryl methyl sites for hydroxylation is 1. The second kappa shape index (κ2) is 6.37. The third kappa shape index (κ3) is 2.80. The van der Waals surface area contributed by atoms with Crippen LogP contribution in [-0.4, -0.2) is 12.2 Å². The molecule has 0 fully saturated rings. The Hall–Kier alpha value is -1.60. The molecule has 0 saturated carbocycles. The first kappa shape index (κ1) is 15.9. The van der Waals surface area contributed by atoms with Gasteiger partial charge in [-0.05, 0) is 88.6 Å². The Labute approximate surface area is 160 Å². The van der Waals surface area contributed by atoms with E-state index in [0.29, 0.717) is 5.11 Å². The topological polar surface area (TPSA) is 33.3 Å². The SMILES string of the molecule is COc1ccc2c(c1)C1=C(CC2)C(c2cccc(I)c2)NC(=S)N1. The van der Waals surface area contributed by atoms with Crippen LogP contribution in [0.4, 0.5) is 0 Å². The van der Waals surface area contributed by atoms with Gasteiger partial charge in [0.15, 0.2) is 5.11 Å². The summed E-state index contributed by atoms with van der Waals surface area (Å²) in [6, 6.07) is 15.0. The van der Waals surface area contributed by atoms with Gasteiger partial charge >= 0.3 is 0 Å². The summed E-state index contributed by atoms with van der Waals surface area (Å²) in [6.45, 7) is 0. The first-order valence-corrected chi connectivity index (χ1v) is 9.38. The molecule has 0 bridgehead atoms. The number of nitrogens with one attached hydrogen (secondary N) is 2. The monoisotopic (exact) mass is 448 g/mol. The third-order valence-electron chi connectivity index (χ3n) is 4.62. The number of hydrogen-bond acceptors (Lipinski definition) is 2. The summed E-state index contributed by atoms with van der Waals surface area (Å²) in [5.41, 5.74) is 6.31. The van der Waals surface area contributed by atoms with Gasteiger partial charge in [-0.25, -0.2) is 0 Å². The van der Waals surface area contributed by atoms with Gasteiger partial charge in [-0.2, -0.15) is 0 Å². The van der Waals surface area contributed by atoms with Crippen LogP contribution in [0.1, 0.15) is 29.2 Å². The molecule has 3 nitrogen and oxygen atoms in total. The lowest BCUT2D eigenvalue weighted by Crippen LogP contribution is -2.44. The Kier molecular flexibility index (Phi) is 4.22. The number of ether oxygens (including phenoxy) is 1. The highest BCUT2D eigenvalue weighted by molar-refractivity contribution is 14.1. The molecule has 4 rings (SSSR count). The van der Waals surface area contributed by atoms with Crippen molar-refractivity contribution in [3.05, 3.63) is 68.3 Å². The van der Waals surface area contributed by atoms with E-state index in [-0.39, 0.29) is 6.04 Å². The van der Waals surface area contributed by atoms with Gasteiger partial charge in [0, 0.05) is 14.8 Å². The van der Waals surface area contributed by atoms with Crippen molar-refractivity contribution in [1.82, 2.24) is 10.6 Å². The number of halogens is 1. The van der Waals surface area contributed by atoms with Gasteiger partial charge in [0.1, 0.15) is 5.75 Å². The highest BCUT2D eigenvalue weighted by Gasteiger charge is 2.31. The van der Waals surface area contributed by atoms with Gasteiger partial charge in [-0.1, -0.05) is 18.2 Å². The molecule has 24 heavy (non-hydrogen) atoms. The van der Waals surface area contributed by atoms with E-state index in [4.69, 9.17) is 17.0 Å². The molecule has 5 heteroatoms. The summed E-state index contributed by atoms with van der Waals surface area (Å²) in [7, 11) is 1.70. The normalized spacial score (nSPS) is 19.1. The van der Waals surface area contributed by atoms with Crippen molar-refractivity contribution < 1.29 is 4.74 Å². The van der Waals surface area contributed by atoms with Gasteiger partial charge < -0.3 is 15.4 Å². The lowest BCUT2D eigenvalue weighted by molar-refractivity contribution is 0.414. The summed E-state index contributed by atoms with van der Waals surface area (Å²) >= 11 is 7.84. The Morgan fingerprint density at radius 2 is 2.04 bits per heavy atom. The molecule has 1 heterocycles. The molecule has 0 aromatic heterocycles. The smallest absolute Gasteiger partial charge is 0.171 e. The van der Waals surface area contributed by atoms with Crippen LogP contribution < -0.4 is 15.4 Å². The molecule has 2 aliphatic rings. The predicted octanol–water partition coefficient (Wildman–Crippen LogP) is 4.18. The van der Waals surface area contributed by atoms with Crippen molar-refractivity contribution in [1.29, 1.82) is 0 Å². The lowest BCUT2D eigenvalue weighted by atomic mass is 9.83. The number of benzene rings is 2. The summed E-state index contributed by atoms with van der Waals surface area (Å²) in [4.78, 5) is 0. The third-order valence-corrected chi connectivity index (χ3v) is 5.51. The highest BCUT2D eigenvalue weighted by Crippen LogP contribution is 2.40. The Morgan fingerprint density at radius 1 is 1.17 bits per heavy atom. The Morgan fingerprint density at radius 3 is 2.83 bits per heavy atom. The Bertz CT molecular complexity index is 862. The van der Waals surface area contributed by atoms with Crippen molar-refractivity contribution in [2.75, 3.05) is 7.11 Å². The van der Waals surface area contributed by atoms with Crippen LogP contribution in [0.3, 0.4) is 0 Å². The summed E-state index contributed by atoms with van der Waals surface area (Å²) in [6.07, 6.45) is 2.06. The first-order chi connectivity index (χ1) is 11.7. The standard InChI is InChI=1S/C19H17IN2OS/c1-23-14-7-5-11-6-8-15-17(12-3-2-4-13(20)9-12)21-19(24)22-18(15)16(11)10-14/h2-5,7,9-10,17H,6,8H2,1H3,(H2,21,22,24). The number of hydrogen-bond donors (Lipinski definition) is 2. The van der Waals surface area contributed by atoms with E-state index in [1.807, 2.05) is 6.07 Å². The largest absolute Gasteiger partial charge is 0.497 e. The fourth-order valence-electron chi connectivity index (χ4n) is 3.48. The number of methoxy groups -OCH3 is 1. The average Bonchev–Trinajstić information content (AvgIpc) is 2.60. The lowest BCUT2D eigenvalue weighted by Gasteiger charge is -2.36. The molecule has 2 N–H and O–H groups in total. The van der Waals surface area contributed by atoms with Crippen LogP contribution in [0.15, 0.2) is 48.0 Å². The quantitative estimate of drug-likeness (QED) is 0.534. The molecule has 0 amide bonds. The van der Waals surface area contributed by atoms with Crippen molar-refractivity contribution in [2.45, 2.75) is 18.9 Å². The molecule has 2 aromatic rings. The zero-order chi connectivity index (χ0) is 16.7. The minimum Gasteiger partial charge on any atom is -0.497 e. The van der Waals surface area contributed by atoms with Crippen LogP contribution in [0, 0.1) is 3.57 Å². The molecule has 0 saturated heterocycles. The predicted molar refractivity (Wildman–Crippen MR) is 109 cm³/mol. The second-order valence-corrected chi connectivity index (χ2v) is 7.66. The molecule has 0 spiro atoms. The number of fused-ring (bicyclic) bond motifs is 2. The fraction of sp³-hybridized carbons (Fsp3) is 0.211. The van der Waals surface area contributed by atoms with Gasteiger partial charge in [-0.15, -0.1) is 0 Å². The highest BCUT2D eigenvalue weighted by atomic mass is 127. The van der Waals surface area contributed by atoms with Gasteiger partial charge in [0.25, 0.3) is 0 Å². The van der Waals surface area contributed by atoms with E-state index >= 15 is 0 Å².